The number of piperidine rings is 1. The van der Waals surface area contributed by atoms with Gasteiger partial charge in [-0.25, -0.2) is 9.59 Å². The fraction of sp³-hybridized carbons (Fsp3) is 0.556. The molecular weight excluding hydrogens is 308 g/mol. The first-order valence-electron chi connectivity index (χ1n) is 8.40. The standard InChI is InChI=1S/C18H24N2O4/c1-18(2)13-20(17(22)24-18)15-8-10-19(11-9-15)16(21)23-12-14-6-4-3-5-7-14/h3-7,15H,8-13H2,1-2H3. The lowest BCUT2D eigenvalue weighted by molar-refractivity contribution is 0.0741. The molecule has 6 heteroatoms. The molecular formula is C18H24N2O4. The first-order chi connectivity index (χ1) is 11.4. The second kappa shape index (κ2) is 6.71. The lowest BCUT2D eigenvalue weighted by Crippen LogP contribution is -2.47. The van der Waals surface area contributed by atoms with E-state index in [2.05, 4.69) is 0 Å². The van der Waals surface area contributed by atoms with Gasteiger partial charge in [-0.3, -0.25) is 0 Å². The van der Waals surface area contributed by atoms with Crippen molar-refractivity contribution in [2.45, 2.75) is 44.9 Å². The van der Waals surface area contributed by atoms with Crippen LogP contribution < -0.4 is 0 Å². The van der Waals surface area contributed by atoms with E-state index in [4.69, 9.17) is 9.47 Å². The number of cyclic esters (lactones) is 1. The van der Waals surface area contributed by atoms with E-state index in [1.807, 2.05) is 44.2 Å². The summed E-state index contributed by atoms with van der Waals surface area (Å²) in [6.07, 6.45) is 0.976. The van der Waals surface area contributed by atoms with Gasteiger partial charge in [0.15, 0.2) is 0 Å². The largest absolute Gasteiger partial charge is 0.445 e. The van der Waals surface area contributed by atoms with E-state index >= 15 is 0 Å². The molecule has 0 atom stereocenters. The summed E-state index contributed by atoms with van der Waals surface area (Å²) in [5.41, 5.74) is 0.547. The van der Waals surface area contributed by atoms with Gasteiger partial charge in [0.05, 0.1) is 6.54 Å². The van der Waals surface area contributed by atoms with E-state index in [1.165, 1.54) is 0 Å². The van der Waals surface area contributed by atoms with Crippen LogP contribution in [0.3, 0.4) is 0 Å². The number of benzene rings is 1. The molecule has 0 radical (unpaired) electrons. The lowest BCUT2D eigenvalue weighted by Gasteiger charge is -2.35. The predicted octanol–water partition coefficient (Wildman–Crippen LogP) is 3.02. The molecule has 24 heavy (non-hydrogen) atoms. The van der Waals surface area contributed by atoms with Crippen molar-refractivity contribution in [2.24, 2.45) is 0 Å². The summed E-state index contributed by atoms with van der Waals surface area (Å²) in [7, 11) is 0. The van der Waals surface area contributed by atoms with Gasteiger partial charge in [-0.05, 0) is 32.3 Å². The monoisotopic (exact) mass is 332 g/mol. The summed E-state index contributed by atoms with van der Waals surface area (Å²) in [4.78, 5) is 27.6. The zero-order valence-electron chi connectivity index (χ0n) is 14.2. The van der Waals surface area contributed by atoms with Crippen molar-refractivity contribution in [1.82, 2.24) is 9.80 Å². The van der Waals surface area contributed by atoms with Gasteiger partial charge in [0.2, 0.25) is 0 Å². The third-order valence-electron chi connectivity index (χ3n) is 4.52. The van der Waals surface area contributed by atoms with Gasteiger partial charge in [0.25, 0.3) is 0 Å². The zero-order valence-corrected chi connectivity index (χ0v) is 14.2. The number of hydrogen-bond donors (Lipinski definition) is 0. The molecule has 0 unspecified atom stereocenters. The Bertz CT molecular complexity index is 594. The van der Waals surface area contributed by atoms with Gasteiger partial charge in [-0.1, -0.05) is 30.3 Å². The number of hydrogen-bond acceptors (Lipinski definition) is 4. The minimum atomic E-state index is -0.428. The highest BCUT2D eigenvalue weighted by Crippen LogP contribution is 2.27. The minimum Gasteiger partial charge on any atom is -0.445 e. The molecule has 2 aliphatic rings. The Kier molecular flexibility index (Phi) is 4.64. The minimum absolute atomic E-state index is 0.137. The predicted molar refractivity (Wildman–Crippen MR) is 88.5 cm³/mol. The van der Waals surface area contributed by atoms with Gasteiger partial charge in [0, 0.05) is 19.1 Å². The first kappa shape index (κ1) is 16.6. The van der Waals surface area contributed by atoms with Crippen LogP contribution in [0.25, 0.3) is 0 Å². The molecule has 0 N–H and O–H groups in total. The van der Waals surface area contributed by atoms with Crippen molar-refractivity contribution in [3.8, 4) is 0 Å². The van der Waals surface area contributed by atoms with E-state index in [0.29, 0.717) is 19.6 Å². The molecule has 0 spiro atoms. The van der Waals surface area contributed by atoms with E-state index in [1.54, 1.807) is 9.80 Å². The highest BCUT2D eigenvalue weighted by atomic mass is 16.6. The first-order valence-corrected chi connectivity index (χ1v) is 8.40. The Labute approximate surface area is 142 Å². The maximum absolute atomic E-state index is 12.2. The molecule has 1 aromatic carbocycles. The Morgan fingerprint density at radius 1 is 1.25 bits per heavy atom. The summed E-state index contributed by atoms with van der Waals surface area (Å²) in [5.74, 6) is 0. The number of nitrogens with zero attached hydrogens (tertiary/aromatic N) is 2. The zero-order chi connectivity index (χ0) is 17.2. The van der Waals surface area contributed by atoms with Crippen LogP contribution >= 0.6 is 0 Å². The van der Waals surface area contributed by atoms with Crippen molar-refractivity contribution < 1.29 is 19.1 Å². The summed E-state index contributed by atoms with van der Waals surface area (Å²) >= 11 is 0. The van der Waals surface area contributed by atoms with Gasteiger partial charge in [-0.15, -0.1) is 0 Å². The fourth-order valence-electron chi connectivity index (χ4n) is 3.25. The maximum atomic E-state index is 12.2. The highest BCUT2D eigenvalue weighted by Gasteiger charge is 2.42. The van der Waals surface area contributed by atoms with Crippen LogP contribution in [0.15, 0.2) is 30.3 Å². The maximum Gasteiger partial charge on any atom is 0.410 e. The average Bonchev–Trinajstić information content (AvgIpc) is 2.86. The lowest BCUT2D eigenvalue weighted by atomic mass is 10.0. The molecule has 130 valence electrons. The highest BCUT2D eigenvalue weighted by molar-refractivity contribution is 5.71. The van der Waals surface area contributed by atoms with E-state index in [0.717, 1.165) is 18.4 Å². The van der Waals surface area contributed by atoms with Crippen LogP contribution in [0.4, 0.5) is 9.59 Å². The number of ether oxygens (including phenoxy) is 2. The van der Waals surface area contributed by atoms with Gasteiger partial charge >= 0.3 is 12.2 Å². The summed E-state index contributed by atoms with van der Waals surface area (Å²) in [6, 6.07) is 9.77. The molecule has 2 amide bonds. The molecule has 0 aliphatic carbocycles. The van der Waals surface area contributed by atoms with Gasteiger partial charge in [-0.2, -0.15) is 0 Å². The number of amides is 2. The molecule has 0 bridgehead atoms. The van der Waals surface area contributed by atoms with Crippen molar-refractivity contribution >= 4 is 12.2 Å². The van der Waals surface area contributed by atoms with Crippen LogP contribution in [0.1, 0.15) is 32.3 Å². The Morgan fingerprint density at radius 2 is 1.92 bits per heavy atom. The Hall–Kier alpha value is -2.24. The van der Waals surface area contributed by atoms with Crippen LogP contribution in [-0.4, -0.2) is 53.3 Å². The van der Waals surface area contributed by atoms with Crippen molar-refractivity contribution in [3.63, 3.8) is 0 Å². The molecule has 1 aromatic rings. The van der Waals surface area contributed by atoms with E-state index in [9.17, 15) is 9.59 Å². The molecule has 2 aliphatic heterocycles. The number of carbonyl (C=O) groups is 2. The normalized spacial score (nSPS) is 20.8. The Balaban J connectivity index is 1.46. The smallest absolute Gasteiger partial charge is 0.410 e. The second-order valence-electron chi connectivity index (χ2n) is 7.01. The third-order valence-corrected chi connectivity index (χ3v) is 4.52. The molecule has 2 fully saturated rings. The van der Waals surface area contributed by atoms with Crippen LogP contribution in [0.5, 0.6) is 0 Å². The molecule has 0 aromatic heterocycles. The van der Waals surface area contributed by atoms with Crippen LogP contribution in [-0.2, 0) is 16.1 Å². The number of likely N-dealkylation sites (tertiary alicyclic amines) is 1. The average molecular weight is 332 g/mol. The van der Waals surface area contributed by atoms with Gasteiger partial charge < -0.3 is 19.3 Å². The summed E-state index contributed by atoms with van der Waals surface area (Å²) < 4.78 is 10.7. The van der Waals surface area contributed by atoms with Gasteiger partial charge in [0.1, 0.15) is 12.2 Å². The summed E-state index contributed by atoms with van der Waals surface area (Å²) in [6.45, 7) is 5.92. The van der Waals surface area contributed by atoms with Crippen LogP contribution in [0, 0.1) is 0 Å². The van der Waals surface area contributed by atoms with Crippen molar-refractivity contribution in [3.05, 3.63) is 35.9 Å². The number of rotatable bonds is 3. The molecule has 6 nitrogen and oxygen atoms in total. The second-order valence-corrected chi connectivity index (χ2v) is 7.01. The number of carbonyl (C=O) groups excluding carboxylic acids is 2. The van der Waals surface area contributed by atoms with E-state index in [-0.39, 0.29) is 24.8 Å². The Morgan fingerprint density at radius 3 is 2.50 bits per heavy atom. The van der Waals surface area contributed by atoms with Crippen molar-refractivity contribution in [2.75, 3.05) is 19.6 Å². The molecule has 2 saturated heterocycles. The van der Waals surface area contributed by atoms with Crippen molar-refractivity contribution in [1.29, 1.82) is 0 Å². The molecule has 3 rings (SSSR count). The molecule has 2 heterocycles. The van der Waals surface area contributed by atoms with Crippen LogP contribution in [0.2, 0.25) is 0 Å². The molecule has 0 saturated carbocycles. The summed E-state index contributed by atoms with van der Waals surface area (Å²) in [5, 5.41) is 0. The topological polar surface area (TPSA) is 59.1 Å². The quantitative estimate of drug-likeness (QED) is 0.854. The van der Waals surface area contributed by atoms with E-state index < -0.39 is 5.60 Å². The fourth-order valence-corrected chi connectivity index (χ4v) is 3.25. The third kappa shape index (κ3) is 3.80. The SMILES string of the molecule is CC1(C)CN(C2CCN(C(=O)OCc3ccccc3)CC2)C(=O)O1.